The number of rotatable bonds is 6. The van der Waals surface area contributed by atoms with Crippen LogP contribution in [0.5, 0.6) is 0 Å². The summed E-state index contributed by atoms with van der Waals surface area (Å²) < 4.78 is 0. The molecule has 0 fully saturated rings. The fraction of sp³-hybridized carbons (Fsp3) is 0.167. The summed E-state index contributed by atoms with van der Waals surface area (Å²) in [4.78, 5) is 38.1. The van der Waals surface area contributed by atoms with Crippen molar-refractivity contribution < 1.29 is 14.5 Å². The number of benzene rings is 3. The number of hydrogen-bond acceptors (Lipinski definition) is 4. The highest BCUT2D eigenvalue weighted by Crippen LogP contribution is 2.34. The van der Waals surface area contributed by atoms with E-state index in [9.17, 15) is 19.7 Å². The summed E-state index contributed by atoms with van der Waals surface area (Å²) in [6.45, 7) is 2.41. The average molecular weight is 415 g/mol. The normalized spacial score (nSPS) is 13.6. The van der Waals surface area contributed by atoms with Crippen molar-refractivity contribution in [2.75, 3.05) is 5.32 Å². The third-order valence-electron chi connectivity index (χ3n) is 5.41. The second kappa shape index (κ2) is 8.39. The molecule has 0 spiro atoms. The zero-order valence-corrected chi connectivity index (χ0v) is 16.9. The summed E-state index contributed by atoms with van der Waals surface area (Å²) in [6.07, 6.45) is 0.0332. The molecule has 156 valence electrons. The molecular weight excluding hydrogens is 394 g/mol. The lowest BCUT2D eigenvalue weighted by atomic mass is 10.00. The molecule has 3 aromatic rings. The van der Waals surface area contributed by atoms with Crippen LogP contribution in [0.15, 0.2) is 72.8 Å². The van der Waals surface area contributed by atoms with E-state index in [0.29, 0.717) is 17.8 Å². The van der Waals surface area contributed by atoms with Gasteiger partial charge >= 0.3 is 0 Å². The van der Waals surface area contributed by atoms with Crippen molar-refractivity contribution in [1.82, 2.24) is 4.90 Å². The van der Waals surface area contributed by atoms with Crippen molar-refractivity contribution >= 4 is 23.2 Å². The van der Waals surface area contributed by atoms with Crippen LogP contribution in [0.25, 0.3) is 0 Å². The van der Waals surface area contributed by atoms with Gasteiger partial charge < -0.3 is 10.2 Å². The van der Waals surface area contributed by atoms with Gasteiger partial charge in [-0.15, -0.1) is 0 Å². The third-order valence-corrected chi connectivity index (χ3v) is 5.41. The number of aryl methyl sites for hydroxylation is 1. The van der Waals surface area contributed by atoms with E-state index in [1.54, 1.807) is 17.0 Å². The first-order valence-corrected chi connectivity index (χ1v) is 9.92. The maximum absolute atomic E-state index is 13.1. The molecule has 1 aliphatic rings. The van der Waals surface area contributed by atoms with Crippen molar-refractivity contribution in [2.45, 2.75) is 25.9 Å². The van der Waals surface area contributed by atoms with Gasteiger partial charge in [-0.1, -0.05) is 54.1 Å². The number of nitro benzene ring substituents is 1. The molecule has 0 radical (unpaired) electrons. The second-order valence-corrected chi connectivity index (χ2v) is 7.58. The fourth-order valence-electron chi connectivity index (χ4n) is 3.81. The lowest BCUT2D eigenvalue weighted by Crippen LogP contribution is -2.32. The molecule has 2 amide bonds. The summed E-state index contributed by atoms with van der Waals surface area (Å²) in [7, 11) is 0. The van der Waals surface area contributed by atoms with Gasteiger partial charge in [0.2, 0.25) is 5.91 Å². The minimum absolute atomic E-state index is 0.0332. The summed E-state index contributed by atoms with van der Waals surface area (Å²) in [6, 6.07) is 20.5. The predicted molar refractivity (Wildman–Crippen MR) is 117 cm³/mol. The first-order valence-electron chi connectivity index (χ1n) is 9.92. The molecule has 0 bridgehead atoms. The van der Waals surface area contributed by atoms with Crippen LogP contribution in [0.3, 0.4) is 0 Å². The van der Waals surface area contributed by atoms with E-state index in [2.05, 4.69) is 5.32 Å². The van der Waals surface area contributed by atoms with E-state index >= 15 is 0 Å². The van der Waals surface area contributed by atoms with E-state index in [0.717, 1.165) is 16.7 Å². The highest BCUT2D eigenvalue weighted by Gasteiger charge is 2.34. The Morgan fingerprint density at radius 1 is 1.10 bits per heavy atom. The Kier molecular flexibility index (Phi) is 5.49. The minimum Gasteiger partial charge on any atom is -0.327 e. The van der Waals surface area contributed by atoms with Crippen molar-refractivity contribution in [3.05, 3.63) is 105 Å². The van der Waals surface area contributed by atoms with E-state index in [1.165, 1.54) is 18.2 Å². The molecule has 7 nitrogen and oxygen atoms in total. The van der Waals surface area contributed by atoms with Gasteiger partial charge in [0.05, 0.1) is 17.4 Å². The van der Waals surface area contributed by atoms with Crippen LogP contribution in [0, 0.1) is 17.0 Å². The standard InChI is InChI=1S/C24H21N3O4/c1-16-9-11-17(12-10-16)22(26-15-18-5-2-3-8-21(18)24(26)29)14-23(28)25-19-6-4-7-20(13-19)27(30)31/h2-13,22H,14-15H2,1H3,(H,25,28)/t22-/m1/s1. The summed E-state index contributed by atoms with van der Waals surface area (Å²) in [5, 5.41) is 13.7. The topological polar surface area (TPSA) is 92.5 Å². The molecule has 0 saturated carbocycles. The van der Waals surface area contributed by atoms with Gasteiger partial charge in [-0.2, -0.15) is 0 Å². The van der Waals surface area contributed by atoms with Crippen LogP contribution in [0.4, 0.5) is 11.4 Å². The fourth-order valence-corrected chi connectivity index (χ4v) is 3.81. The molecule has 31 heavy (non-hydrogen) atoms. The Labute approximate surface area is 179 Å². The molecule has 1 aliphatic heterocycles. The molecule has 0 aromatic heterocycles. The number of carbonyl (C=O) groups is 2. The van der Waals surface area contributed by atoms with E-state index in [1.807, 2.05) is 49.4 Å². The molecule has 0 unspecified atom stereocenters. The molecular formula is C24H21N3O4. The zero-order chi connectivity index (χ0) is 22.0. The molecule has 4 rings (SSSR count). The van der Waals surface area contributed by atoms with Gasteiger partial charge in [0.25, 0.3) is 11.6 Å². The lowest BCUT2D eigenvalue weighted by molar-refractivity contribution is -0.384. The van der Waals surface area contributed by atoms with Gasteiger partial charge in [0.15, 0.2) is 0 Å². The van der Waals surface area contributed by atoms with Crippen molar-refractivity contribution in [1.29, 1.82) is 0 Å². The molecule has 3 aromatic carbocycles. The van der Waals surface area contributed by atoms with Gasteiger partial charge in [0, 0.05) is 29.9 Å². The minimum atomic E-state index is -0.509. The van der Waals surface area contributed by atoms with E-state index in [4.69, 9.17) is 0 Å². The highest BCUT2D eigenvalue weighted by molar-refractivity contribution is 5.99. The lowest BCUT2D eigenvalue weighted by Gasteiger charge is -2.28. The largest absolute Gasteiger partial charge is 0.327 e. The number of nitrogens with one attached hydrogen (secondary N) is 1. The monoisotopic (exact) mass is 415 g/mol. The van der Waals surface area contributed by atoms with E-state index in [-0.39, 0.29) is 23.9 Å². The number of fused-ring (bicyclic) bond motifs is 1. The Morgan fingerprint density at radius 2 is 1.84 bits per heavy atom. The van der Waals surface area contributed by atoms with Gasteiger partial charge in [-0.05, 0) is 30.2 Å². The Balaban J connectivity index is 1.59. The number of non-ortho nitro benzene ring substituents is 1. The Hall–Kier alpha value is -4.00. The van der Waals surface area contributed by atoms with Crippen LogP contribution in [0.2, 0.25) is 0 Å². The molecule has 7 heteroatoms. The third kappa shape index (κ3) is 4.30. The van der Waals surface area contributed by atoms with Crippen molar-refractivity contribution in [3.63, 3.8) is 0 Å². The van der Waals surface area contributed by atoms with Crippen LogP contribution in [0.1, 0.15) is 39.5 Å². The molecule has 1 heterocycles. The van der Waals surface area contributed by atoms with Gasteiger partial charge in [-0.25, -0.2) is 0 Å². The Morgan fingerprint density at radius 3 is 2.55 bits per heavy atom. The number of amides is 2. The Bertz CT molecular complexity index is 1160. The van der Waals surface area contributed by atoms with Crippen LogP contribution < -0.4 is 5.32 Å². The first kappa shape index (κ1) is 20.3. The maximum Gasteiger partial charge on any atom is 0.271 e. The van der Waals surface area contributed by atoms with Gasteiger partial charge in [0.1, 0.15) is 0 Å². The average Bonchev–Trinajstić information content (AvgIpc) is 3.09. The molecule has 0 aliphatic carbocycles. The maximum atomic E-state index is 13.1. The van der Waals surface area contributed by atoms with Crippen molar-refractivity contribution in [2.24, 2.45) is 0 Å². The quantitative estimate of drug-likeness (QED) is 0.469. The van der Waals surface area contributed by atoms with Crippen LogP contribution >= 0.6 is 0 Å². The number of nitrogens with zero attached hydrogens (tertiary/aromatic N) is 2. The second-order valence-electron chi connectivity index (χ2n) is 7.58. The predicted octanol–water partition coefficient (Wildman–Crippen LogP) is 4.63. The van der Waals surface area contributed by atoms with Gasteiger partial charge in [-0.3, -0.25) is 19.7 Å². The highest BCUT2D eigenvalue weighted by atomic mass is 16.6. The van der Waals surface area contributed by atoms with Crippen LogP contribution in [-0.2, 0) is 11.3 Å². The number of nitro groups is 1. The zero-order valence-electron chi connectivity index (χ0n) is 16.9. The number of anilines is 1. The number of carbonyl (C=O) groups excluding carboxylic acids is 2. The number of hydrogen-bond donors (Lipinski definition) is 1. The summed E-state index contributed by atoms with van der Waals surface area (Å²) in [5.41, 5.74) is 3.78. The molecule has 1 atom stereocenters. The SMILES string of the molecule is Cc1ccc([C@@H](CC(=O)Nc2cccc([N+](=O)[O-])c2)N2Cc3ccccc3C2=O)cc1. The van der Waals surface area contributed by atoms with Crippen molar-refractivity contribution in [3.8, 4) is 0 Å². The smallest absolute Gasteiger partial charge is 0.271 e. The van der Waals surface area contributed by atoms with Crippen LogP contribution in [-0.4, -0.2) is 21.6 Å². The first-order chi connectivity index (χ1) is 14.9. The molecule has 0 saturated heterocycles. The summed E-state index contributed by atoms with van der Waals surface area (Å²) in [5.74, 6) is -0.431. The molecule has 1 N–H and O–H groups in total. The summed E-state index contributed by atoms with van der Waals surface area (Å²) >= 11 is 0. The van der Waals surface area contributed by atoms with E-state index < -0.39 is 11.0 Å².